The monoisotopic (exact) mass is 245 g/mol. The van der Waals surface area contributed by atoms with Crippen LogP contribution in [0.3, 0.4) is 0 Å². The van der Waals surface area contributed by atoms with Crippen LogP contribution in [-0.2, 0) is 9.53 Å². The molecular weight excluding hydrogens is 230 g/mol. The molecule has 0 radical (unpaired) electrons. The number of hydrogen-bond donors (Lipinski definition) is 0. The van der Waals surface area contributed by atoms with Crippen LogP contribution in [0.2, 0.25) is 0 Å². The molecule has 0 aliphatic heterocycles. The quantitative estimate of drug-likeness (QED) is 0.355. The average molecular weight is 245 g/mol. The predicted molar refractivity (Wildman–Crippen MR) is 66.9 cm³/mol. The first-order chi connectivity index (χ1) is 8.77. The minimum absolute atomic E-state index is 0.0745. The van der Waals surface area contributed by atoms with Crippen molar-refractivity contribution in [2.75, 3.05) is 7.11 Å². The van der Waals surface area contributed by atoms with E-state index in [1.165, 1.54) is 7.11 Å². The second kappa shape index (κ2) is 5.56. The molecule has 0 N–H and O–H groups in total. The number of azide groups is 1. The fourth-order valence-corrected chi connectivity index (χ4v) is 2.72. The van der Waals surface area contributed by atoms with E-state index in [9.17, 15) is 4.79 Å². The molecule has 0 unspecified atom stereocenters. The molecule has 0 saturated heterocycles. The molecule has 1 saturated carbocycles. The summed E-state index contributed by atoms with van der Waals surface area (Å²) >= 11 is 0. The lowest BCUT2D eigenvalue weighted by atomic mass is 9.87. The highest BCUT2D eigenvalue weighted by Gasteiger charge is 2.41. The molecule has 1 aliphatic carbocycles. The predicted octanol–water partition coefficient (Wildman–Crippen LogP) is 3.03. The van der Waals surface area contributed by atoms with Crippen LogP contribution in [0.4, 0.5) is 0 Å². The van der Waals surface area contributed by atoms with E-state index in [2.05, 4.69) is 10.0 Å². The SMILES string of the molecule is COC(=O)[C@H]1CC[C@H](N=[N+]=[N-])[C@@H]1c1ccccc1. The minimum atomic E-state index is -0.223. The van der Waals surface area contributed by atoms with Gasteiger partial charge in [0, 0.05) is 16.9 Å². The molecule has 5 heteroatoms. The molecule has 0 aromatic heterocycles. The van der Waals surface area contributed by atoms with Gasteiger partial charge in [-0.25, -0.2) is 0 Å². The third-order valence-electron chi connectivity index (χ3n) is 3.51. The third-order valence-corrected chi connectivity index (χ3v) is 3.51. The maximum absolute atomic E-state index is 11.8. The number of rotatable bonds is 3. The number of carbonyl (C=O) groups excluding carboxylic acids is 1. The van der Waals surface area contributed by atoms with Crippen molar-refractivity contribution in [2.45, 2.75) is 24.8 Å². The first kappa shape index (κ1) is 12.5. The van der Waals surface area contributed by atoms with Gasteiger partial charge in [-0.1, -0.05) is 35.4 Å². The van der Waals surface area contributed by atoms with Crippen LogP contribution in [0.5, 0.6) is 0 Å². The maximum Gasteiger partial charge on any atom is 0.309 e. The molecule has 2 rings (SSSR count). The summed E-state index contributed by atoms with van der Waals surface area (Å²) in [6, 6.07) is 9.54. The normalized spacial score (nSPS) is 26.4. The van der Waals surface area contributed by atoms with Crippen LogP contribution < -0.4 is 0 Å². The Morgan fingerprint density at radius 1 is 1.39 bits per heavy atom. The molecule has 0 heterocycles. The lowest BCUT2D eigenvalue weighted by Crippen LogP contribution is -2.23. The van der Waals surface area contributed by atoms with Crippen LogP contribution in [0.1, 0.15) is 24.3 Å². The van der Waals surface area contributed by atoms with Gasteiger partial charge >= 0.3 is 5.97 Å². The molecule has 18 heavy (non-hydrogen) atoms. The number of benzene rings is 1. The van der Waals surface area contributed by atoms with Gasteiger partial charge in [0.25, 0.3) is 0 Å². The second-order valence-corrected chi connectivity index (χ2v) is 4.42. The van der Waals surface area contributed by atoms with Gasteiger partial charge in [0.05, 0.1) is 13.0 Å². The Morgan fingerprint density at radius 3 is 2.72 bits per heavy atom. The summed E-state index contributed by atoms with van der Waals surface area (Å²) in [6.45, 7) is 0. The summed E-state index contributed by atoms with van der Waals surface area (Å²) in [6.07, 6.45) is 1.43. The van der Waals surface area contributed by atoms with Crippen molar-refractivity contribution >= 4 is 5.97 Å². The second-order valence-electron chi connectivity index (χ2n) is 4.42. The van der Waals surface area contributed by atoms with Crippen LogP contribution in [-0.4, -0.2) is 19.1 Å². The number of nitrogens with zero attached hydrogens (tertiary/aromatic N) is 3. The standard InChI is InChI=1S/C13H15N3O2/c1-18-13(17)10-7-8-11(15-16-14)12(10)9-5-3-2-4-6-9/h2-6,10-12H,7-8H2,1H3/t10-,11-,12+/m0/s1. The lowest BCUT2D eigenvalue weighted by Gasteiger charge is -2.21. The molecule has 1 aromatic carbocycles. The molecule has 0 spiro atoms. The van der Waals surface area contributed by atoms with E-state index in [0.29, 0.717) is 6.42 Å². The van der Waals surface area contributed by atoms with Crippen LogP contribution in [0.15, 0.2) is 35.4 Å². The van der Waals surface area contributed by atoms with Crippen molar-refractivity contribution < 1.29 is 9.53 Å². The molecule has 1 fully saturated rings. The summed E-state index contributed by atoms with van der Waals surface area (Å²) in [5.74, 6) is -0.512. The zero-order chi connectivity index (χ0) is 13.0. The Kier molecular flexibility index (Phi) is 3.85. The molecule has 94 valence electrons. The smallest absolute Gasteiger partial charge is 0.309 e. The summed E-state index contributed by atoms with van der Waals surface area (Å²) in [5.41, 5.74) is 9.65. The summed E-state index contributed by atoms with van der Waals surface area (Å²) < 4.78 is 4.84. The topological polar surface area (TPSA) is 75.1 Å². The molecule has 1 aromatic rings. The highest BCUT2D eigenvalue weighted by molar-refractivity contribution is 5.74. The van der Waals surface area contributed by atoms with Crippen molar-refractivity contribution in [2.24, 2.45) is 11.0 Å². The Labute approximate surface area is 105 Å². The van der Waals surface area contributed by atoms with Crippen molar-refractivity contribution in [1.29, 1.82) is 0 Å². The van der Waals surface area contributed by atoms with E-state index in [-0.39, 0.29) is 23.8 Å². The fourth-order valence-electron chi connectivity index (χ4n) is 2.72. The lowest BCUT2D eigenvalue weighted by molar-refractivity contribution is -0.145. The van der Waals surface area contributed by atoms with Gasteiger partial charge in [0.2, 0.25) is 0 Å². The summed E-state index contributed by atoms with van der Waals surface area (Å²) in [4.78, 5) is 14.7. The maximum atomic E-state index is 11.8. The van der Waals surface area contributed by atoms with E-state index < -0.39 is 0 Å². The van der Waals surface area contributed by atoms with Gasteiger partial charge in [-0.2, -0.15) is 0 Å². The Hall–Kier alpha value is -2.00. The van der Waals surface area contributed by atoms with Gasteiger partial charge in [-0.3, -0.25) is 4.79 Å². The van der Waals surface area contributed by atoms with Crippen LogP contribution >= 0.6 is 0 Å². The van der Waals surface area contributed by atoms with E-state index in [4.69, 9.17) is 10.3 Å². The van der Waals surface area contributed by atoms with E-state index in [1.807, 2.05) is 30.3 Å². The molecule has 1 aliphatic rings. The van der Waals surface area contributed by atoms with Gasteiger partial charge in [0.1, 0.15) is 0 Å². The summed E-state index contributed by atoms with van der Waals surface area (Å²) in [7, 11) is 1.39. The first-order valence-electron chi connectivity index (χ1n) is 5.95. The van der Waals surface area contributed by atoms with Gasteiger partial charge in [0.15, 0.2) is 0 Å². The van der Waals surface area contributed by atoms with Crippen molar-refractivity contribution in [3.8, 4) is 0 Å². The zero-order valence-electron chi connectivity index (χ0n) is 10.2. The van der Waals surface area contributed by atoms with E-state index in [1.54, 1.807) is 0 Å². The fraction of sp³-hybridized carbons (Fsp3) is 0.462. The van der Waals surface area contributed by atoms with Gasteiger partial charge in [-0.15, -0.1) is 0 Å². The molecule has 3 atom stereocenters. The van der Waals surface area contributed by atoms with Crippen LogP contribution in [0.25, 0.3) is 10.4 Å². The Morgan fingerprint density at radius 2 is 2.11 bits per heavy atom. The van der Waals surface area contributed by atoms with Crippen molar-refractivity contribution in [3.63, 3.8) is 0 Å². The van der Waals surface area contributed by atoms with Crippen molar-refractivity contribution in [3.05, 3.63) is 46.3 Å². The number of hydrogen-bond acceptors (Lipinski definition) is 3. The largest absolute Gasteiger partial charge is 0.469 e. The number of esters is 1. The first-order valence-corrected chi connectivity index (χ1v) is 5.95. The highest BCUT2D eigenvalue weighted by atomic mass is 16.5. The van der Waals surface area contributed by atoms with Crippen molar-refractivity contribution in [1.82, 2.24) is 0 Å². The Balaban J connectivity index is 2.34. The van der Waals surface area contributed by atoms with Gasteiger partial charge in [-0.05, 0) is 23.9 Å². The van der Waals surface area contributed by atoms with E-state index >= 15 is 0 Å². The minimum Gasteiger partial charge on any atom is -0.469 e. The molecule has 0 amide bonds. The number of methoxy groups -OCH3 is 1. The number of carbonyl (C=O) groups is 1. The van der Waals surface area contributed by atoms with E-state index in [0.717, 1.165) is 12.0 Å². The Bertz CT molecular complexity index is 468. The summed E-state index contributed by atoms with van der Waals surface area (Å²) in [5, 5.41) is 3.82. The van der Waals surface area contributed by atoms with Gasteiger partial charge < -0.3 is 4.74 Å². The molecule has 0 bridgehead atoms. The zero-order valence-corrected chi connectivity index (χ0v) is 10.2. The third kappa shape index (κ3) is 2.31. The highest BCUT2D eigenvalue weighted by Crippen LogP contribution is 2.42. The van der Waals surface area contributed by atoms with Crippen LogP contribution in [0, 0.1) is 5.92 Å². The molecule has 5 nitrogen and oxygen atoms in total. The molecular formula is C13H15N3O2. The number of ether oxygens (including phenoxy) is 1. The average Bonchev–Trinajstić information content (AvgIpc) is 2.83.